The van der Waals surface area contributed by atoms with Crippen molar-refractivity contribution in [2.24, 2.45) is 5.73 Å². The summed E-state index contributed by atoms with van der Waals surface area (Å²) < 4.78 is 51.7. The fourth-order valence-corrected chi connectivity index (χ4v) is 1.72. The first-order valence-electron chi connectivity index (χ1n) is 5.30. The van der Waals surface area contributed by atoms with Gasteiger partial charge in [-0.3, -0.25) is 4.79 Å². The summed E-state index contributed by atoms with van der Waals surface area (Å²) in [7, 11) is 0. The van der Waals surface area contributed by atoms with Gasteiger partial charge in [0.1, 0.15) is 11.5 Å². The van der Waals surface area contributed by atoms with E-state index in [1.807, 2.05) is 0 Å². The summed E-state index contributed by atoms with van der Waals surface area (Å²) >= 11 is 0. The van der Waals surface area contributed by atoms with Crippen molar-refractivity contribution in [1.82, 2.24) is 15.4 Å². The summed E-state index contributed by atoms with van der Waals surface area (Å²) in [6.07, 6.45) is -4.86. The minimum Gasteiger partial charge on any atom is -0.364 e. The lowest BCUT2D eigenvalue weighted by atomic mass is 10.0. The number of primary amides is 1. The maximum atomic E-state index is 13.5. The van der Waals surface area contributed by atoms with Crippen LogP contribution in [0.5, 0.6) is 0 Å². The van der Waals surface area contributed by atoms with Crippen LogP contribution in [0.1, 0.15) is 21.6 Å². The lowest BCUT2D eigenvalue weighted by molar-refractivity contribution is -0.140. The van der Waals surface area contributed by atoms with Gasteiger partial charge in [0.2, 0.25) is 0 Å². The van der Waals surface area contributed by atoms with E-state index in [0.717, 1.165) is 6.07 Å². The summed E-state index contributed by atoms with van der Waals surface area (Å²) in [5.41, 5.74) is 2.79. The van der Waals surface area contributed by atoms with E-state index in [1.165, 1.54) is 6.92 Å². The molecule has 0 bridgehead atoms. The second-order valence-electron chi connectivity index (χ2n) is 4.04. The van der Waals surface area contributed by atoms with Crippen molar-refractivity contribution in [2.75, 3.05) is 0 Å². The van der Waals surface area contributed by atoms with Crippen molar-refractivity contribution >= 4 is 5.91 Å². The molecule has 0 atom stereocenters. The minimum atomic E-state index is -4.86. The van der Waals surface area contributed by atoms with Gasteiger partial charge in [-0.05, 0) is 24.6 Å². The topological polar surface area (TPSA) is 84.7 Å². The van der Waals surface area contributed by atoms with Gasteiger partial charge in [0.05, 0.1) is 5.56 Å². The van der Waals surface area contributed by atoms with Crippen molar-refractivity contribution < 1.29 is 22.4 Å². The van der Waals surface area contributed by atoms with E-state index in [9.17, 15) is 22.4 Å². The number of nitrogens with one attached hydrogen (secondary N) is 1. The van der Waals surface area contributed by atoms with Gasteiger partial charge in [-0.15, -0.1) is 0 Å². The second-order valence-corrected chi connectivity index (χ2v) is 4.04. The number of rotatable bonds is 2. The Balaban J connectivity index is 2.67. The average Bonchev–Trinajstić information content (AvgIpc) is 2.80. The molecule has 0 fully saturated rings. The lowest BCUT2D eigenvalue weighted by Gasteiger charge is -2.11. The van der Waals surface area contributed by atoms with Gasteiger partial charge in [0, 0.05) is 5.56 Å². The molecule has 0 radical (unpaired) electrons. The third kappa shape index (κ3) is 2.33. The fourth-order valence-electron chi connectivity index (χ4n) is 1.72. The molecule has 0 aliphatic rings. The van der Waals surface area contributed by atoms with Gasteiger partial charge in [0.15, 0.2) is 5.69 Å². The molecule has 1 aromatic heterocycles. The molecule has 0 saturated heterocycles. The lowest BCUT2D eigenvalue weighted by Crippen LogP contribution is -2.13. The number of amides is 1. The highest BCUT2D eigenvalue weighted by Crippen LogP contribution is 2.35. The normalized spacial score (nSPS) is 11.7. The molecule has 0 unspecified atom stereocenters. The molecule has 0 saturated carbocycles. The number of alkyl halides is 3. The molecule has 5 nitrogen and oxygen atoms in total. The molecule has 3 N–H and O–H groups in total. The van der Waals surface area contributed by atoms with Gasteiger partial charge in [-0.25, -0.2) is 4.39 Å². The summed E-state index contributed by atoms with van der Waals surface area (Å²) in [6, 6.07) is 1.70. The largest absolute Gasteiger partial charge is 0.419 e. The highest BCUT2D eigenvalue weighted by atomic mass is 19.4. The number of aryl methyl sites for hydroxylation is 1. The van der Waals surface area contributed by atoms with Crippen LogP contribution in [0.25, 0.3) is 11.3 Å². The van der Waals surface area contributed by atoms with Crippen LogP contribution in [-0.2, 0) is 6.18 Å². The third-order valence-corrected chi connectivity index (χ3v) is 2.61. The van der Waals surface area contributed by atoms with Crippen molar-refractivity contribution in [3.05, 3.63) is 34.8 Å². The van der Waals surface area contributed by atoms with Crippen LogP contribution in [-0.4, -0.2) is 21.3 Å². The molecular formula is C11H8F4N4O. The van der Waals surface area contributed by atoms with E-state index >= 15 is 0 Å². The predicted octanol–water partition coefficient (Wildman–Crippen LogP) is 2.04. The van der Waals surface area contributed by atoms with Gasteiger partial charge in [0.25, 0.3) is 5.91 Å². The number of aromatic amines is 1. The standard InChI is InChI=1S/C11H8F4N4O/c1-4-2-5(3-6(7(4)12)11(13,14)15)8-9(10(16)20)18-19-17-8/h2-3H,1H3,(H2,16,20)(H,17,18,19). The minimum absolute atomic E-state index is 0.0984. The number of halogens is 4. The van der Waals surface area contributed by atoms with Crippen LogP contribution in [0, 0.1) is 12.7 Å². The van der Waals surface area contributed by atoms with Crippen LogP contribution >= 0.6 is 0 Å². The number of H-pyrrole nitrogens is 1. The van der Waals surface area contributed by atoms with E-state index in [-0.39, 0.29) is 22.5 Å². The quantitative estimate of drug-likeness (QED) is 0.829. The molecule has 1 aromatic carbocycles. The Hall–Kier alpha value is -2.45. The van der Waals surface area contributed by atoms with Crippen molar-refractivity contribution in [3.8, 4) is 11.3 Å². The number of nitrogens with zero attached hydrogens (tertiary/aromatic N) is 2. The zero-order valence-corrected chi connectivity index (χ0v) is 10.0. The van der Waals surface area contributed by atoms with Crippen LogP contribution < -0.4 is 5.73 Å². The molecule has 2 aromatic rings. The summed E-state index contributed by atoms with van der Waals surface area (Å²) in [4.78, 5) is 11.1. The van der Waals surface area contributed by atoms with Gasteiger partial charge in [-0.1, -0.05) is 0 Å². The Kier molecular flexibility index (Phi) is 3.20. The maximum Gasteiger partial charge on any atom is 0.419 e. The maximum absolute atomic E-state index is 13.5. The number of hydrogen-bond donors (Lipinski definition) is 2. The molecule has 2 rings (SSSR count). The predicted molar refractivity (Wildman–Crippen MR) is 60.0 cm³/mol. The van der Waals surface area contributed by atoms with Gasteiger partial charge < -0.3 is 5.73 Å². The second kappa shape index (κ2) is 4.58. The number of benzene rings is 1. The van der Waals surface area contributed by atoms with Crippen LogP contribution in [0.3, 0.4) is 0 Å². The summed E-state index contributed by atoms with van der Waals surface area (Å²) in [5.74, 6) is -2.32. The van der Waals surface area contributed by atoms with Crippen LogP contribution in [0.15, 0.2) is 12.1 Å². The molecule has 0 aliphatic carbocycles. The van der Waals surface area contributed by atoms with Crippen molar-refractivity contribution in [3.63, 3.8) is 0 Å². The Morgan fingerprint density at radius 3 is 2.50 bits per heavy atom. The zero-order chi connectivity index (χ0) is 15.1. The van der Waals surface area contributed by atoms with Gasteiger partial charge >= 0.3 is 6.18 Å². The highest BCUT2D eigenvalue weighted by molar-refractivity contribution is 5.96. The molecule has 106 valence electrons. The highest BCUT2D eigenvalue weighted by Gasteiger charge is 2.35. The van der Waals surface area contributed by atoms with Crippen molar-refractivity contribution in [2.45, 2.75) is 13.1 Å². The number of hydrogen-bond acceptors (Lipinski definition) is 3. The third-order valence-electron chi connectivity index (χ3n) is 2.61. The monoisotopic (exact) mass is 288 g/mol. The number of aromatic nitrogens is 3. The summed E-state index contributed by atoms with van der Waals surface area (Å²) in [6.45, 7) is 1.18. The van der Waals surface area contributed by atoms with Crippen LogP contribution in [0.4, 0.5) is 17.6 Å². The Bertz CT molecular complexity index is 678. The zero-order valence-electron chi connectivity index (χ0n) is 10.0. The average molecular weight is 288 g/mol. The number of carbonyl (C=O) groups is 1. The first kappa shape index (κ1) is 14.0. The van der Waals surface area contributed by atoms with Crippen molar-refractivity contribution in [1.29, 1.82) is 0 Å². The Labute approximate surface area is 109 Å². The van der Waals surface area contributed by atoms with E-state index in [0.29, 0.717) is 6.07 Å². The smallest absolute Gasteiger partial charge is 0.364 e. The summed E-state index contributed by atoms with van der Waals surface area (Å²) in [5, 5.41) is 9.12. The Morgan fingerprint density at radius 2 is 1.95 bits per heavy atom. The SMILES string of the molecule is Cc1cc(-c2n[nH]nc2C(N)=O)cc(C(F)(F)F)c1F. The number of carbonyl (C=O) groups excluding carboxylic acids is 1. The first-order valence-corrected chi connectivity index (χ1v) is 5.30. The molecule has 20 heavy (non-hydrogen) atoms. The molecular weight excluding hydrogens is 280 g/mol. The molecule has 1 amide bonds. The van der Waals surface area contributed by atoms with Gasteiger partial charge in [-0.2, -0.15) is 28.6 Å². The first-order chi connectivity index (χ1) is 9.21. The molecule has 1 heterocycles. The van der Waals surface area contributed by atoms with E-state index in [2.05, 4.69) is 15.4 Å². The fraction of sp³-hybridized carbons (Fsp3) is 0.182. The Morgan fingerprint density at radius 1 is 1.30 bits per heavy atom. The molecule has 0 aliphatic heterocycles. The molecule has 9 heteroatoms. The van der Waals surface area contributed by atoms with E-state index in [4.69, 9.17) is 5.73 Å². The van der Waals surface area contributed by atoms with E-state index in [1.54, 1.807) is 0 Å². The molecule has 0 spiro atoms. The van der Waals surface area contributed by atoms with Crippen LogP contribution in [0.2, 0.25) is 0 Å². The van der Waals surface area contributed by atoms with E-state index < -0.39 is 23.5 Å². The number of nitrogens with two attached hydrogens (primary N) is 1.